The van der Waals surface area contributed by atoms with Gasteiger partial charge >= 0.3 is 0 Å². The van der Waals surface area contributed by atoms with Crippen molar-refractivity contribution < 1.29 is 4.74 Å². The zero-order chi connectivity index (χ0) is 11.4. The summed E-state index contributed by atoms with van der Waals surface area (Å²) >= 11 is 6.22. The largest absolute Gasteiger partial charge is 0.378 e. The quantitative estimate of drug-likeness (QED) is 0.707. The molecular weight excluding hydrogens is 222 g/mol. The lowest BCUT2D eigenvalue weighted by Crippen LogP contribution is -2.40. The zero-order valence-electron chi connectivity index (χ0n) is 10.3. The van der Waals surface area contributed by atoms with E-state index in [1.54, 1.807) is 0 Å². The van der Waals surface area contributed by atoms with Crippen molar-refractivity contribution in [2.45, 2.75) is 50.5 Å². The second-order valence-corrected chi connectivity index (χ2v) is 5.92. The first-order chi connectivity index (χ1) is 7.75. The molecule has 3 atom stereocenters. The van der Waals surface area contributed by atoms with Gasteiger partial charge in [0.2, 0.25) is 0 Å². The van der Waals surface area contributed by atoms with Gasteiger partial charge in [0.05, 0.1) is 6.10 Å². The molecule has 0 aromatic rings. The molecule has 0 aromatic carbocycles. The number of likely N-dealkylation sites (tertiary alicyclic amines) is 1. The molecule has 3 unspecified atom stereocenters. The van der Waals surface area contributed by atoms with Gasteiger partial charge < -0.3 is 9.64 Å². The van der Waals surface area contributed by atoms with Crippen molar-refractivity contribution in [2.75, 3.05) is 26.2 Å². The van der Waals surface area contributed by atoms with Gasteiger partial charge in [0, 0.05) is 18.5 Å². The lowest BCUT2D eigenvalue weighted by Gasteiger charge is -2.34. The van der Waals surface area contributed by atoms with Crippen LogP contribution in [0.2, 0.25) is 0 Å². The van der Waals surface area contributed by atoms with E-state index in [0.29, 0.717) is 17.4 Å². The van der Waals surface area contributed by atoms with E-state index < -0.39 is 0 Å². The average molecular weight is 246 g/mol. The molecule has 0 N–H and O–H groups in total. The normalized spacial score (nSPS) is 36.8. The molecule has 0 saturated carbocycles. The van der Waals surface area contributed by atoms with E-state index >= 15 is 0 Å². The van der Waals surface area contributed by atoms with Crippen LogP contribution in [-0.4, -0.2) is 42.6 Å². The highest BCUT2D eigenvalue weighted by Crippen LogP contribution is 2.22. The monoisotopic (exact) mass is 245 g/mol. The smallest absolute Gasteiger partial charge is 0.0576 e. The summed E-state index contributed by atoms with van der Waals surface area (Å²) in [4.78, 5) is 2.57. The van der Waals surface area contributed by atoms with E-state index in [9.17, 15) is 0 Å². The number of alkyl halides is 1. The van der Waals surface area contributed by atoms with Crippen LogP contribution in [0.15, 0.2) is 0 Å². The number of nitrogens with zero attached hydrogens (tertiary/aromatic N) is 1. The molecule has 2 nitrogen and oxygen atoms in total. The fourth-order valence-corrected chi connectivity index (χ4v) is 3.00. The Morgan fingerprint density at radius 1 is 1.38 bits per heavy atom. The Bertz CT molecular complexity index is 206. The third-order valence-corrected chi connectivity index (χ3v) is 4.56. The third-order valence-electron chi connectivity index (χ3n) is 3.91. The predicted octanol–water partition coefficient (Wildman–Crippen LogP) is 2.89. The molecule has 2 aliphatic heterocycles. The maximum atomic E-state index is 6.22. The van der Waals surface area contributed by atoms with Crippen LogP contribution in [0.1, 0.15) is 39.0 Å². The predicted molar refractivity (Wildman–Crippen MR) is 68.1 cm³/mol. The Hall–Kier alpha value is 0.210. The molecule has 2 aliphatic rings. The summed E-state index contributed by atoms with van der Waals surface area (Å²) in [6, 6.07) is 0. The summed E-state index contributed by atoms with van der Waals surface area (Å²) < 4.78 is 5.64. The van der Waals surface area contributed by atoms with Crippen LogP contribution < -0.4 is 0 Å². The van der Waals surface area contributed by atoms with Crippen molar-refractivity contribution >= 4 is 11.6 Å². The van der Waals surface area contributed by atoms with Gasteiger partial charge in [-0.2, -0.15) is 0 Å². The molecular formula is C13H24ClNO. The first kappa shape index (κ1) is 12.7. The first-order valence-electron chi connectivity index (χ1n) is 6.73. The van der Waals surface area contributed by atoms with Crippen molar-refractivity contribution in [3.63, 3.8) is 0 Å². The van der Waals surface area contributed by atoms with Gasteiger partial charge in [-0.3, -0.25) is 0 Å². The molecule has 0 spiro atoms. The minimum Gasteiger partial charge on any atom is -0.378 e. The summed E-state index contributed by atoms with van der Waals surface area (Å²) in [5.41, 5.74) is 0. The second kappa shape index (κ2) is 6.23. The maximum absolute atomic E-state index is 6.22. The van der Waals surface area contributed by atoms with E-state index in [1.807, 2.05) is 0 Å². The number of rotatable bonds is 4. The fraction of sp³-hybridized carbons (Fsp3) is 1.00. The van der Waals surface area contributed by atoms with Gasteiger partial charge in [0.1, 0.15) is 0 Å². The van der Waals surface area contributed by atoms with E-state index in [1.165, 1.54) is 45.3 Å². The van der Waals surface area contributed by atoms with E-state index in [0.717, 1.165) is 13.0 Å². The fourth-order valence-electron chi connectivity index (χ4n) is 2.82. The molecule has 16 heavy (non-hydrogen) atoms. The van der Waals surface area contributed by atoms with Crippen LogP contribution in [0.3, 0.4) is 0 Å². The Labute approximate surface area is 104 Å². The molecule has 2 heterocycles. The van der Waals surface area contributed by atoms with E-state index in [2.05, 4.69) is 11.8 Å². The van der Waals surface area contributed by atoms with Crippen LogP contribution in [-0.2, 0) is 4.74 Å². The standard InChI is InChI=1S/C13H24ClNO/c1-11-10-15(8-6-13(11)14)7-2-4-12-5-3-9-16-12/h11-13H,2-10H2,1H3. The van der Waals surface area contributed by atoms with Gasteiger partial charge in [-0.25, -0.2) is 0 Å². The topological polar surface area (TPSA) is 12.5 Å². The van der Waals surface area contributed by atoms with Gasteiger partial charge in [-0.1, -0.05) is 6.92 Å². The number of piperidine rings is 1. The van der Waals surface area contributed by atoms with Gasteiger partial charge in [-0.05, 0) is 51.1 Å². The number of ether oxygens (including phenoxy) is 1. The summed E-state index contributed by atoms with van der Waals surface area (Å²) in [6.45, 7) is 6.85. The van der Waals surface area contributed by atoms with Crippen LogP contribution >= 0.6 is 11.6 Å². The van der Waals surface area contributed by atoms with Crippen molar-refractivity contribution in [2.24, 2.45) is 5.92 Å². The Kier molecular flexibility index (Phi) is 4.93. The Morgan fingerprint density at radius 2 is 2.25 bits per heavy atom. The van der Waals surface area contributed by atoms with Crippen LogP contribution in [0.4, 0.5) is 0 Å². The number of hydrogen-bond acceptors (Lipinski definition) is 2. The Morgan fingerprint density at radius 3 is 2.94 bits per heavy atom. The third kappa shape index (κ3) is 3.61. The molecule has 2 rings (SSSR count). The molecule has 0 bridgehead atoms. The van der Waals surface area contributed by atoms with Gasteiger partial charge in [-0.15, -0.1) is 11.6 Å². The molecule has 3 heteroatoms. The van der Waals surface area contributed by atoms with Crippen molar-refractivity contribution in [1.29, 1.82) is 0 Å². The van der Waals surface area contributed by atoms with Crippen molar-refractivity contribution in [3.8, 4) is 0 Å². The molecule has 0 aromatic heterocycles. The highest BCUT2D eigenvalue weighted by molar-refractivity contribution is 6.20. The Balaban J connectivity index is 1.59. The molecule has 94 valence electrons. The number of hydrogen-bond donors (Lipinski definition) is 0. The highest BCUT2D eigenvalue weighted by Gasteiger charge is 2.24. The molecule has 0 radical (unpaired) electrons. The van der Waals surface area contributed by atoms with E-state index in [-0.39, 0.29) is 0 Å². The summed E-state index contributed by atoms with van der Waals surface area (Å²) in [7, 11) is 0. The van der Waals surface area contributed by atoms with Crippen LogP contribution in [0.5, 0.6) is 0 Å². The zero-order valence-corrected chi connectivity index (χ0v) is 11.1. The number of halogens is 1. The molecule has 0 aliphatic carbocycles. The lowest BCUT2D eigenvalue weighted by molar-refractivity contribution is 0.0959. The van der Waals surface area contributed by atoms with Gasteiger partial charge in [0.15, 0.2) is 0 Å². The SMILES string of the molecule is CC1CN(CCCC2CCCO2)CCC1Cl. The first-order valence-corrected chi connectivity index (χ1v) is 7.17. The van der Waals surface area contributed by atoms with Crippen LogP contribution in [0.25, 0.3) is 0 Å². The second-order valence-electron chi connectivity index (χ2n) is 5.36. The highest BCUT2D eigenvalue weighted by atomic mass is 35.5. The maximum Gasteiger partial charge on any atom is 0.0576 e. The van der Waals surface area contributed by atoms with Gasteiger partial charge in [0.25, 0.3) is 0 Å². The summed E-state index contributed by atoms with van der Waals surface area (Å²) in [5, 5.41) is 0.398. The summed E-state index contributed by atoms with van der Waals surface area (Å²) in [6.07, 6.45) is 6.78. The minimum absolute atomic E-state index is 0.398. The van der Waals surface area contributed by atoms with E-state index in [4.69, 9.17) is 16.3 Å². The lowest BCUT2D eigenvalue weighted by atomic mass is 9.99. The van der Waals surface area contributed by atoms with Crippen LogP contribution in [0, 0.1) is 5.92 Å². The average Bonchev–Trinajstić information content (AvgIpc) is 2.76. The molecule has 0 amide bonds. The minimum atomic E-state index is 0.398. The molecule has 2 fully saturated rings. The molecule has 2 saturated heterocycles. The summed E-state index contributed by atoms with van der Waals surface area (Å²) in [5.74, 6) is 0.651. The van der Waals surface area contributed by atoms with Crippen molar-refractivity contribution in [3.05, 3.63) is 0 Å². The van der Waals surface area contributed by atoms with Crippen molar-refractivity contribution in [1.82, 2.24) is 4.90 Å².